The maximum absolute atomic E-state index is 13.5. The van der Waals surface area contributed by atoms with Gasteiger partial charge in [0, 0.05) is 18.8 Å². The molecule has 4 heterocycles. The number of rotatable bonds is 4. The number of aliphatic hydroxyl groups excluding tert-OH is 1. The maximum Gasteiger partial charge on any atom is 0.276 e. The van der Waals surface area contributed by atoms with E-state index in [4.69, 9.17) is 0 Å². The van der Waals surface area contributed by atoms with Crippen molar-refractivity contribution >= 4 is 22.7 Å². The number of fused-ring (bicyclic) bond motifs is 3. The molecule has 0 radical (unpaired) electrons. The minimum atomic E-state index is -0.267. The van der Waals surface area contributed by atoms with Crippen LogP contribution < -0.4 is 16.2 Å². The monoisotopic (exact) mass is 395 g/mol. The zero-order valence-electron chi connectivity index (χ0n) is 16.5. The Morgan fingerprint density at radius 2 is 2.07 bits per heavy atom. The molecular formula is C20H25N7O2. The van der Waals surface area contributed by atoms with Crippen LogP contribution in [0.5, 0.6) is 0 Å². The van der Waals surface area contributed by atoms with E-state index >= 15 is 0 Å². The molecule has 3 aromatic rings. The van der Waals surface area contributed by atoms with Gasteiger partial charge in [-0.3, -0.25) is 14.7 Å². The van der Waals surface area contributed by atoms with Crippen molar-refractivity contribution in [3.05, 3.63) is 40.3 Å². The lowest BCUT2D eigenvalue weighted by Gasteiger charge is -2.36. The standard InChI is InChI=1S/C20H25N7O2/c1-13-9-14(19(29)27-15(13)10-24-20(27)5-3-2-4-6-20)25-17-16-18(22-11-21-17)26(7-8-28)12-23-16/h9,11-12,24,28H,2-8,10H2,1H3,(H,21,22,25). The van der Waals surface area contributed by atoms with E-state index in [0.29, 0.717) is 29.2 Å². The first-order valence-corrected chi connectivity index (χ1v) is 10.2. The Labute approximate surface area is 167 Å². The summed E-state index contributed by atoms with van der Waals surface area (Å²) in [6.07, 6.45) is 8.51. The van der Waals surface area contributed by atoms with Gasteiger partial charge in [0.05, 0.1) is 18.6 Å². The molecule has 0 bridgehead atoms. The third-order valence-electron chi connectivity index (χ3n) is 6.21. The van der Waals surface area contributed by atoms with Crippen LogP contribution in [0.2, 0.25) is 0 Å². The van der Waals surface area contributed by atoms with Gasteiger partial charge in [-0.25, -0.2) is 15.0 Å². The van der Waals surface area contributed by atoms with Crippen LogP contribution in [0.1, 0.15) is 43.4 Å². The van der Waals surface area contributed by atoms with Crippen molar-refractivity contribution in [2.24, 2.45) is 0 Å². The van der Waals surface area contributed by atoms with E-state index in [1.807, 2.05) is 17.6 Å². The zero-order chi connectivity index (χ0) is 20.0. The summed E-state index contributed by atoms with van der Waals surface area (Å²) in [6, 6.07) is 1.90. The van der Waals surface area contributed by atoms with E-state index in [1.54, 1.807) is 10.9 Å². The first-order chi connectivity index (χ1) is 14.1. The maximum atomic E-state index is 13.5. The Balaban J connectivity index is 1.59. The molecule has 1 saturated carbocycles. The van der Waals surface area contributed by atoms with Crippen molar-refractivity contribution in [2.45, 2.75) is 57.8 Å². The lowest BCUT2D eigenvalue weighted by atomic mass is 9.89. The highest BCUT2D eigenvalue weighted by molar-refractivity contribution is 5.85. The lowest BCUT2D eigenvalue weighted by molar-refractivity contribution is 0.165. The van der Waals surface area contributed by atoms with Crippen molar-refractivity contribution in [3.63, 3.8) is 0 Å². The Morgan fingerprint density at radius 3 is 2.86 bits per heavy atom. The third kappa shape index (κ3) is 2.84. The molecule has 0 amide bonds. The molecule has 0 unspecified atom stereocenters. The first-order valence-electron chi connectivity index (χ1n) is 10.2. The molecular weight excluding hydrogens is 370 g/mol. The minimum Gasteiger partial charge on any atom is -0.395 e. The fourth-order valence-electron chi connectivity index (χ4n) is 4.78. The summed E-state index contributed by atoms with van der Waals surface area (Å²) in [7, 11) is 0. The Bertz CT molecular complexity index is 1130. The highest BCUT2D eigenvalue weighted by Gasteiger charge is 2.40. The molecule has 9 nitrogen and oxygen atoms in total. The Morgan fingerprint density at radius 1 is 1.24 bits per heavy atom. The van der Waals surface area contributed by atoms with Crippen LogP contribution in [0.4, 0.5) is 11.5 Å². The molecule has 9 heteroatoms. The van der Waals surface area contributed by atoms with E-state index in [1.165, 1.54) is 12.7 Å². The molecule has 3 N–H and O–H groups in total. The van der Waals surface area contributed by atoms with E-state index in [9.17, 15) is 9.90 Å². The molecule has 1 aliphatic carbocycles. The van der Waals surface area contributed by atoms with Crippen LogP contribution >= 0.6 is 0 Å². The van der Waals surface area contributed by atoms with Crippen molar-refractivity contribution in [1.29, 1.82) is 0 Å². The number of hydrogen-bond acceptors (Lipinski definition) is 7. The first kappa shape index (κ1) is 18.3. The van der Waals surface area contributed by atoms with Crippen molar-refractivity contribution in [3.8, 4) is 0 Å². The number of anilines is 2. The molecule has 0 atom stereocenters. The number of hydrogen-bond donors (Lipinski definition) is 3. The fourth-order valence-corrected chi connectivity index (χ4v) is 4.78. The molecule has 5 rings (SSSR count). The molecule has 1 fully saturated rings. The smallest absolute Gasteiger partial charge is 0.276 e. The van der Waals surface area contributed by atoms with Gasteiger partial charge in [0.25, 0.3) is 5.56 Å². The van der Waals surface area contributed by atoms with Gasteiger partial charge in [-0.2, -0.15) is 0 Å². The van der Waals surface area contributed by atoms with Gasteiger partial charge in [0.1, 0.15) is 12.0 Å². The van der Waals surface area contributed by atoms with Crippen molar-refractivity contribution in [1.82, 2.24) is 29.4 Å². The number of aromatic nitrogens is 5. The quantitative estimate of drug-likeness (QED) is 0.617. The van der Waals surface area contributed by atoms with E-state index in [2.05, 4.69) is 25.6 Å². The zero-order valence-corrected chi connectivity index (χ0v) is 16.5. The molecule has 1 aliphatic heterocycles. The van der Waals surface area contributed by atoms with Gasteiger partial charge < -0.3 is 15.0 Å². The van der Waals surface area contributed by atoms with Crippen LogP contribution in [0.15, 0.2) is 23.5 Å². The number of aryl methyl sites for hydroxylation is 1. The van der Waals surface area contributed by atoms with Gasteiger partial charge in [0.15, 0.2) is 17.0 Å². The van der Waals surface area contributed by atoms with Gasteiger partial charge in [-0.15, -0.1) is 0 Å². The summed E-state index contributed by atoms with van der Waals surface area (Å²) in [5.74, 6) is 0.493. The number of pyridine rings is 1. The molecule has 3 aromatic heterocycles. The summed E-state index contributed by atoms with van der Waals surface area (Å²) >= 11 is 0. The molecule has 0 aromatic carbocycles. The van der Waals surface area contributed by atoms with Crippen LogP contribution in [0.3, 0.4) is 0 Å². The summed E-state index contributed by atoms with van der Waals surface area (Å²) < 4.78 is 3.75. The Kier molecular flexibility index (Phi) is 4.36. The normalized spacial score (nSPS) is 17.7. The Hall–Kier alpha value is -2.78. The fraction of sp³-hybridized carbons (Fsp3) is 0.500. The van der Waals surface area contributed by atoms with E-state index < -0.39 is 0 Å². The molecule has 152 valence electrons. The van der Waals surface area contributed by atoms with Gasteiger partial charge in [-0.1, -0.05) is 6.42 Å². The van der Waals surface area contributed by atoms with E-state index in [-0.39, 0.29) is 17.8 Å². The second kappa shape index (κ2) is 6.93. The average molecular weight is 395 g/mol. The number of nitrogens with one attached hydrogen (secondary N) is 2. The van der Waals surface area contributed by atoms with Crippen LogP contribution in [-0.2, 0) is 18.8 Å². The molecule has 0 saturated heterocycles. The van der Waals surface area contributed by atoms with Gasteiger partial charge >= 0.3 is 0 Å². The third-order valence-corrected chi connectivity index (χ3v) is 6.21. The van der Waals surface area contributed by atoms with Crippen molar-refractivity contribution in [2.75, 3.05) is 11.9 Å². The molecule has 2 aliphatic rings. The SMILES string of the molecule is Cc1cc(Nc2ncnc3c2ncn3CCO)c(=O)n2c1CNC21CCCCC1. The topological polar surface area (TPSA) is 110 Å². The van der Waals surface area contributed by atoms with Gasteiger partial charge in [-0.05, 0) is 44.2 Å². The number of imidazole rings is 1. The predicted molar refractivity (Wildman–Crippen MR) is 109 cm³/mol. The molecule has 1 spiro atoms. The van der Waals surface area contributed by atoms with E-state index in [0.717, 1.165) is 43.5 Å². The highest BCUT2D eigenvalue weighted by Crippen LogP contribution is 2.37. The average Bonchev–Trinajstić information content (AvgIpc) is 3.30. The lowest BCUT2D eigenvalue weighted by Crippen LogP contribution is -2.48. The largest absolute Gasteiger partial charge is 0.395 e. The second-order valence-corrected chi connectivity index (χ2v) is 7.96. The van der Waals surface area contributed by atoms with Crippen LogP contribution in [0.25, 0.3) is 11.2 Å². The van der Waals surface area contributed by atoms with Gasteiger partial charge in [0.2, 0.25) is 0 Å². The molecule has 29 heavy (non-hydrogen) atoms. The number of aliphatic hydroxyl groups is 1. The number of nitrogens with zero attached hydrogens (tertiary/aromatic N) is 5. The minimum absolute atomic E-state index is 0.00132. The summed E-state index contributed by atoms with van der Waals surface area (Å²) in [5, 5.41) is 16.1. The summed E-state index contributed by atoms with van der Waals surface area (Å²) in [5.41, 5.74) is 3.56. The van der Waals surface area contributed by atoms with Crippen LogP contribution in [-0.4, -0.2) is 35.8 Å². The highest BCUT2D eigenvalue weighted by atomic mass is 16.3. The second-order valence-electron chi connectivity index (χ2n) is 7.96. The summed E-state index contributed by atoms with van der Waals surface area (Å²) in [4.78, 5) is 26.5. The summed E-state index contributed by atoms with van der Waals surface area (Å²) in [6.45, 7) is 3.18. The van der Waals surface area contributed by atoms with Crippen molar-refractivity contribution < 1.29 is 5.11 Å². The predicted octanol–water partition coefficient (Wildman–Crippen LogP) is 1.75. The van der Waals surface area contributed by atoms with Crippen LogP contribution in [0, 0.1) is 6.92 Å².